The minimum Gasteiger partial charge on any atom is -0.491 e. The molecule has 1 aliphatic heterocycles. The van der Waals surface area contributed by atoms with Crippen molar-refractivity contribution in [3.63, 3.8) is 0 Å². The van der Waals surface area contributed by atoms with Crippen molar-refractivity contribution in [2.24, 2.45) is 0 Å². The van der Waals surface area contributed by atoms with Crippen molar-refractivity contribution in [3.05, 3.63) is 29.8 Å². The van der Waals surface area contributed by atoms with Gasteiger partial charge in [-0.25, -0.2) is 0 Å². The molecular weight excluding hydrogens is 236 g/mol. The summed E-state index contributed by atoms with van der Waals surface area (Å²) in [6, 6.07) is 8.42. The highest BCUT2D eigenvalue weighted by Crippen LogP contribution is 2.43. The van der Waals surface area contributed by atoms with Crippen LogP contribution in [-0.4, -0.2) is 18.3 Å². The molecule has 19 heavy (non-hydrogen) atoms. The standard InChI is InChI=1S/C17H24O2/c1-2-14-5-7-15(8-6-14)18-13-16-9-12-17(19-16)10-3-4-11-17/h5-8,16H,2-4,9-13H2,1H3. The first-order chi connectivity index (χ1) is 9.30. The zero-order valence-corrected chi connectivity index (χ0v) is 11.9. The maximum absolute atomic E-state index is 6.25. The van der Waals surface area contributed by atoms with Gasteiger partial charge in [0.05, 0.1) is 11.7 Å². The van der Waals surface area contributed by atoms with Crippen LogP contribution in [0.1, 0.15) is 51.0 Å². The first-order valence-corrected chi connectivity index (χ1v) is 7.69. The third kappa shape index (κ3) is 2.94. The largest absolute Gasteiger partial charge is 0.491 e. The van der Waals surface area contributed by atoms with E-state index in [0.717, 1.165) is 18.6 Å². The van der Waals surface area contributed by atoms with Crippen molar-refractivity contribution in [2.75, 3.05) is 6.61 Å². The molecule has 1 saturated carbocycles. The van der Waals surface area contributed by atoms with Crippen molar-refractivity contribution >= 4 is 0 Å². The molecule has 1 heterocycles. The van der Waals surface area contributed by atoms with Gasteiger partial charge in [0.25, 0.3) is 0 Å². The smallest absolute Gasteiger partial charge is 0.119 e. The van der Waals surface area contributed by atoms with Gasteiger partial charge in [-0.15, -0.1) is 0 Å². The minimum atomic E-state index is 0.222. The summed E-state index contributed by atoms with van der Waals surface area (Å²) in [5, 5.41) is 0. The second kappa shape index (κ2) is 5.54. The molecule has 1 aromatic rings. The lowest BCUT2D eigenvalue weighted by atomic mass is 9.98. The first-order valence-electron chi connectivity index (χ1n) is 7.69. The molecule has 1 saturated heterocycles. The molecule has 1 atom stereocenters. The number of aryl methyl sites for hydroxylation is 1. The third-order valence-corrected chi connectivity index (χ3v) is 4.62. The Labute approximate surface area is 116 Å². The van der Waals surface area contributed by atoms with Crippen LogP contribution in [0, 0.1) is 0 Å². The maximum Gasteiger partial charge on any atom is 0.119 e. The molecule has 104 valence electrons. The minimum absolute atomic E-state index is 0.222. The average Bonchev–Trinajstić information content (AvgIpc) is 3.08. The van der Waals surface area contributed by atoms with E-state index in [1.54, 1.807) is 0 Å². The number of ether oxygens (including phenoxy) is 2. The fraction of sp³-hybridized carbons (Fsp3) is 0.647. The molecule has 2 aliphatic rings. The Hall–Kier alpha value is -1.02. The van der Waals surface area contributed by atoms with Crippen molar-refractivity contribution in [3.8, 4) is 5.75 Å². The van der Waals surface area contributed by atoms with Crippen LogP contribution >= 0.6 is 0 Å². The fourth-order valence-electron chi connectivity index (χ4n) is 3.41. The molecule has 0 aromatic heterocycles. The monoisotopic (exact) mass is 260 g/mol. The van der Waals surface area contributed by atoms with Crippen LogP contribution < -0.4 is 4.74 Å². The van der Waals surface area contributed by atoms with Crippen molar-refractivity contribution < 1.29 is 9.47 Å². The lowest BCUT2D eigenvalue weighted by Crippen LogP contribution is -2.27. The van der Waals surface area contributed by atoms with Gasteiger partial charge in [-0.3, -0.25) is 0 Å². The van der Waals surface area contributed by atoms with E-state index in [2.05, 4.69) is 31.2 Å². The Bertz CT molecular complexity index is 404. The Kier molecular flexibility index (Phi) is 3.79. The van der Waals surface area contributed by atoms with Crippen LogP contribution in [0.5, 0.6) is 5.75 Å². The Morgan fingerprint density at radius 2 is 1.89 bits per heavy atom. The van der Waals surface area contributed by atoms with Crippen molar-refractivity contribution in [1.29, 1.82) is 0 Å². The number of hydrogen-bond acceptors (Lipinski definition) is 2. The van der Waals surface area contributed by atoms with Crippen molar-refractivity contribution in [1.82, 2.24) is 0 Å². The molecule has 2 nitrogen and oxygen atoms in total. The molecule has 1 aromatic carbocycles. The molecule has 0 N–H and O–H groups in total. The van der Waals surface area contributed by atoms with Crippen LogP contribution in [-0.2, 0) is 11.2 Å². The van der Waals surface area contributed by atoms with E-state index >= 15 is 0 Å². The predicted octanol–water partition coefficient (Wildman–Crippen LogP) is 4.12. The highest BCUT2D eigenvalue weighted by Gasteiger charge is 2.42. The molecule has 0 radical (unpaired) electrons. The second-order valence-electron chi connectivity index (χ2n) is 5.98. The molecule has 1 spiro atoms. The molecule has 2 fully saturated rings. The maximum atomic E-state index is 6.25. The van der Waals surface area contributed by atoms with Crippen LogP contribution in [0.15, 0.2) is 24.3 Å². The molecule has 3 rings (SSSR count). The summed E-state index contributed by atoms with van der Waals surface area (Å²) in [4.78, 5) is 0. The van der Waals surface area contributed by atoms with Crippen molar-refractivity contribution in [2.45, 2.75) is 63.6 Å². The van der Waals surface area contributed by atoms with Gasteiger partial charge in [0.1, 0.15) is 12.4 Å². The van der Waals surface area contributed by atoms with Gasteiger partial charge in [-0.2, -0.15) is 0 Å². The molecule has 1 aliphatic carbocycles. The zero-order chi connectivity index (χ0) is 13.1. The Morgan fingerprint density at radius 3 is 2.58 bits per heavy atom. The summed E-state index contributed by atoms with van der Waals surface area (Å²) in [5.41, 5.74) is 1.58. The van der Waals surface area contributed by atoms with E-state index in [-0.39, 0.29) is 5.60 Å². The lowest BCUT2D eigenvalue weighted by molar-refractivity contribution is -0.0508. The number of benzene rings is 1. The Balaban J connectivity index is 1.49. The third-order valence-electron chi connectivity index (χ3n) is 4.62. The topological polar surface area (TPSA) is 18.5 Å². The van der Waals surface area contributed by atoms with E-state index in [9.17, 15) is 0 Å². The highest BCUT2D eigenvalue weighted by molar-refractivity contribution is 5.27. The predicted molar refractivity (Wildman–Crippen MR) is 76.6 cm³/mol. The quantitative estimate of drug-likeness (QED) is 0.810. The normalized spacial score (nSPS) is 25.0. The van der Waals surface area contributed by atoms with Gasteiger partial charge in [0, 0.05) is 0 Å². The van der Waals surface area contributed by atoms with Crippen LogP contribution in [0.4, 0.5) is 0 Å². The van der Waals surface area contributed by atoms with E-state index < -0.39 is 0 Å². The summed E-state index contributed by atoms with van der Waals surface area (Å²) in [5.74, 6) is 0.966. The first kappa shape index (κ1) is 13.0. The van der Waals surface area contributed by atoms with E-state index in [1.165, 1.54) is 37.7 Å². The summed E-state index contributed by atoms with van der Waals surface area (Å²) in [7, 11) is 0. The SMILES string of the molecule is CCc1ccc(OCC2CCC3(CCCC3)O2)cc1. The summed E-state index contributed by atoms with van der Waals surface area (Å²) >= 11 is 0. The second-order valence-corrected chi connectivity index (χ2v) is 5.98. The van der Waals surface area contributed by atoms with E-state index in [4.69, 9.17) is 9.47 Å². The molecule has 0 bridgehead atoms. The average molecular weight is 260 g/mol. The number of rotatable bonds is 4. The summed E-state index contributed by atoms with van der Waals surface area (Å²) in [6.45, 7) is 2.87. The van der Waals surface area contributed by atoms with E-state index in [1.807, 2.05) is 0 Å². The summed E-state index contributed by atoms with van der Waals surface area (Å²) in [6.07, 6.45) is 8.96. The summed E-state index contributed by atoms with van der Waals surface area (Å²) < 4.78 is 12.1. The van der Waals surface area contributed by atoms with Gasteiger partial charge < -0.3 is 9.47 Å². The molecule has 2 heteroatoms. The van der Waals surface area contributed by atoms with Gasteiger partial charge in [-0.05, 0) is 49.8 Å². The lowest BCUT2D eigenvalue weighted by Gasteiger charge is -2.23. The fourth-order valence-corrected chi connectivity index (χ4v) is 3.41. The van der Waals surface area contributed by atoms with E-state index in [0.29, 0.717) is 12.7 Å². The molecule has 1 unspecified atom stereocenters. The highest BCUT2D eigenvalue weighted by atomic mass is 16.6. The number of hydrogen-bond donors (Lipinski definition) is 0. The molecule has 0 amide bonds. The zero-order valence-electron chi connectivity index (χ0n) is 11.9. The van der Waals surface area contributed by atoms with Gasteiger partial charge >= 0.3 is 0 Å². The van der Waals surface area contributed by atoms with Crippen LogP contribution in [0.2, 0.25) is 0 Å². The van der Waals surface area contributed by atoms with Gasteiger partial charge in [-0.1, -0.05) is 31.9 Å². The Morgan fingerprint density at radius 1 is 1.16 bits per heavy atom. The van der Waals surface area contributed by atoms with Crippen LogP contribution in [0.3, 0.4) is 0 Å². The van der Waals surface area contributed by atoms with Gasteiger partial charge in [0.2, 0.25) is 0 Å². The van der Waals surface area contributed by atoms with Gasteiger partial charge in [0.15, 0.2) is 0 Å². The van der Waals surface area contributed by atoms with Crippen LogP contribution in [0.25, 0.3) is 0 Å². The molecular formula is C17H24O2.